The molecule has 1 atom stereocenters. The van der Waals surface area contributed by atoms with Crippen LogP contribution in [0.25, 0.3) is 11.0 Å². The van der Waals surface area contributed by atoms with E-state index in [-0.39, 0.29) is 29.0 Å². The molecule has 1 amide bonds. The van der Waals surface area contributed by atoms with Crippen LogP contribution in [0.4, 0.5) is 0 Å². The molecule has 2 heterocycles. The molecular formula is C25H17Cl2NO4. The zero-order chi connectivity index (χ0) is 22.6. The van der Waals surface area contributed by atoms with E-state index < -0.39 is 11.9 Å². The summed E-state index contributed by atoms with van der Waals surface area (Å²) in [5.74, 6) is -0.394. The molecule has 1 N–H and O–H groups in total. The molecule has 1 aliphatic rings. The van der Waals surface area contributed by atoms with Gasteiger partial charge in [-0.15, -0.1) is 0 Å². The minimum atomic E-state index is -0.749. The Kier molecular flexibility index (Phi) is 4.96. The Bertz CT molecular complexity index is 1460. The van der Waals surface area contributed by atoms with Crippen molar-refractivity contribution in [2.75, 3.05) is 0 Å². The summed E-state index contributed by atoms with van der Waals surface area (Å²) in [4.78, 5) is 28.6. The maximum absolute atomic E-state index is 13.6. The third kappa shape index (κ3) is 3.25. The lowest BCUT2D eigenvalue weighted by Crippen LogP contribution is -2.29. The molecule has 5 nitrogen and oxygen atoms in total. The van der Waals surface area contributed by atoms with Gasteiger partial charge in [0.2, 0.25) is 5.76 Å². The highest BCUT2D eigenvalue weighted by Crippen LogP contribution is 2.40. The Morgan fingerprint density at radius 3 is 2.53 bits per heavy atom. The highest BCUT2D eigenvalue weighted by atomic mass is 35.5. The molecule has 5 rings (SSSR count). The molecule has 160 valence electrons. The summed E-state index contributed by atoms with van der Waals surface area (Å²) < 4.78 is 5.97. The first-order valence-corrected chi connectivity index (χ1v) is 10.7. The highest BCUT2D eigenvalue weighted by Gasteiger charge is 2.43. The van der Waals surface area contributed by atoms with E-state index in [4.69, 9.17) is 27.6 Å². The molecule has 0 saturated heterocycles. The van der Waals surface area contributed by atoms with Crippen molar-refractivity contribution >= 4 is 40.1 Å². The average molecular weight is 466 g/mol. The van der Waals surface area contributed by atoms with Gasteiger partial charge in [0.25, 0.3) is 5.91 Å². The average Bonchev–Trinajstić information content (AvgIpc) is 3.03. The summed E-state index contributed by atoms with van der Waals surface area (Å²) in [5.41, 5.74) is 2.26. The molecule has 4 aromatic rings. The lowest BCUT2D eigenvalue weighted by molar-refractivity contribution is 0.0714. The van der Waals surface area contributed by atoms with E-state index >= 15 is 0 Å². The maximum Gasteiger partial charge on any atom is 0.291 e. The number of rotatable bonds is 3. The van der Waals surface area contributed by atoms with Crippen molar-refractivity contribution in [1.82, 2.24) is 4.90 Å². The fourth-order valence-electron chi connectivity index (χ4n) is 4.16. The molecule has 0 spiro atoms. The second-order valence-corrected chi connectivity index (χ2v) is 8.61. The summed E-state index contributed by atoms with van der Waals surface area (Å²) >= 11 is 12.6. The van der Waals surface area contributed by atoms with Gasteiger partial charge in [0.1, 0.15) is 11.3 Å². The predicted octanol–water partition coefficient (Wildman–Crippen LogP) is 5.86. The normalized spacial score (nSPS) is 15.4. The molecule has 0 aliphatic carbocycles. The first kappa shape index (κ1) is 20.6. The van der Waals surface area contributed by atoms with Crippen molar-refractivity contribution in [2.24, 2.45) is 0 Å². The minimum Gasteiger partial charge on any atom is -0.508 e. The standard InChI is InChI=1S/C25H17Cl2NO4/c1-13-9-20-17(11-19(13)27)23(30)21-22(14-6-4-7-16(29)10-14)28(25(31)24(21)32-20)12-15-5-2-3-8-18(15)26/h2-11,22,29H,12H2,1H3/t22-/m0/s1. The molecule has 0 bridgehead atoms. The second kappa shape index (κ2) is 7.69. The number of benzene rings is 3. The predicted molar refractivity (Wildman–Crippen MR) is 124 cm³/mol. The molecular weight excluding hydrogens is 449 g/mol. The summed E-state index contributed by atoms with van der Waals surface area (Å²) in [7, 11) is 0. The number of fused-ring (bicyclic) bond motifs is 2. The molecule has 0 saturated carbocycles. The van der Waals surface area contributed by atoms with Crippen LogP contribution in [0.3, 0.4) is 0 Å². The van der Waals surface area contributed by atoms with Gasteiger partial charge in [0, 0.05) is 16.6 Å². The highest BCUT2D eigenvalue weighted by molar-refractivity contribution is 6.32. The fourth-order valence-corrected chi connectivity index (χ4v) is 4.51. The van der Waals surface area contributed by atoms with Crippen LogP contribution in [0.15, 0.2) is 69.9 Å². The fraction of sp³-hybridized carbons (Fsp3) is 0.120. The molecule has 0 unspecified atom stereocenters. The van der Waals surface area contributed by atoms with Crippen molar-refractivity contribution in [2.45, 2.75) is 19.5 Å². The number of aryl methyl sites for hydroxylation is 1. The third-order valence-electron chi connectivity index (χ3n) is 5.73. The number of halogens is 2. The van der Waals surface area contributed by atoms with E-state index in [1.165, 1.54) is 6.07 Å². The lowest BCUT2D eigenvalue weighted by Gasteiger charge is -2.25. The molecule has 7 heteroatoms. The van der Waals surface area contributed by atoms with Crippen LogP contribution in [0.5, 0.6) is 5.75 Å². The zero-order valence-electron chi connectivity index (χ0n) is 16.9. The maximum atomic E-state index is 13.6. The second-order valence-electron chi connectivity index (χ2n) is 7.79. The molecule has 0 radical (unpaired) electrons. The summed E-state index contributed by atoms with van der Waals surface area (Å²) in [5, 5.41) is 11.3. The zero-order valence-corrected chi connectivity index (χ0v) is 18.4. The van der Waals surface area contributed by atoms with Gasteiger partial charge in [-0.2, -0.15) is 0 Å². The number of hydrogen-bond acceptors (Lipinski definition) is 4. The Balaban J connectivity index is 1.76. The van der Waals surface area contributed by atoms with Gasteiger partial charge in [-0.05, 0) is 53.9 Å². The number of carbonyl (C=O) groups excluding carboxylic acids is 1. The van der Waals surface area contributed by atoms with Crippen molar-refractivity contribution in [1.29, 1.82) is 0 Å². The van der Waals surface area contributed by atoms with Crippen LogP contribution in [-0.4, -0.2) is 15.9 Å². The van der Waals surface area contributed by atoms with Gasteiger partial charge in [0.05, 0.1) is 17.0 Å². The summed E-state index contributed by atoms with van der Waals surface area (Å²) in [6.07, 6.45) is 0. The molecule has 0 fully saturated rings. The van der Waals surface area contributed by atoms with Crippen LogP contribution < -0.4 is 5.43 Å². The first-order chi connectivity index (χ1) is 15.3. The monoisotopic (exact) mass is 465 g/mol. The topological polar surface area (TPSA) is 70.8 Å². The molecule has 1 aromatic heterocycles. The van der Waals surface area contributed by atoms with Crippen molar-refractivity contribution in [3.63, 3.8) is 0 Å². The number of phenolic OH excluding ortho intramolecular Hbond substituents is 1. The summed E-state index contributed by atoms with van der Waals surface area (Å²) in [6.45, 7) is 1.97. The van der Waals surface area contributed by atoms with E-state index in [0.29, 0.717) is 26.6 Å². The van der Waals surface area contributed by atoms with Crippen molar-refractivity contribution in [3.8, 4) is 5.75 Å². The molecule has 3 aromatic carbocycles. The van der Waals surface area contributed by atoms with Crippen molar-refractivity contribution in [3.05, 3.63) is 109 Å². The largest absolute Gasteiger partial charge is 0.508 e. The Labute approximate surface area is 193 Å². The quantitative estimate of drug-likeness (QED) is 0.411. The SMILES string of the molecule is Cc1cc2oc3c(c(=O)c2cc1Cl)[C@H](c1cccc(O)c1)N(Cc1ccccc1Cl)C3=O. The van der Waals surface area contributed by atoms with E-state index in [2.05, 4.69) is 0 Å². The van der Waals surface area contributed by atoms with Gasteiger partial charge >= 0.3 is 0 Å². The van der Waals surface area contributed by atoms with Crippen molar-refractivity contribution < 1.29 is 14.3 Å². The number of nitrogens with zero attached hydrogens (tertiary/aromatic N) is 1. The number of phenols is 1. The van der Waals surface area contributed by atoms with Gasteiger partial charge in [-0.3, -0.25) is 9.59 Å². The van der Waals surface area contributed by atoms with Gasteiger partial charge in [-0.1, -0.05) is 53.5 Å². The van der Waals surface area contributed by atoms with Crippen LogP contribution in [0.2, 0.25) is 10.0 Å². The summed E-state index contributed by atoms with van der Waals surface area (Å²) in [6, 6.07) is 16.2. The van der Waals surface area contributed by atoms with E-state index in [1.807, 2.05) is 18.2 Å². The molecule has 1 aliphatic heterocycles. The Hall–Kier alpha value is -3.28. The minimum absolute atomic E-state index is 0.00961. The number of carbonyl (C=O) groups is 1. The van der Waals surface area contributed by atoms with Crippen LogP contribution >= 0.6 is 23.2 Å². The smallest absolute Gasteiger partial charge is 0.291 e. The van der Waals surface area contributed by atoms with Gasteiger partial charge in [0.15, 0.2) is 5.43 Å². The third-order valence-corrected chi connectivity index (χ3v) is 6.51. The van der Waals surface area contributed by atoms with E-state index in [0.717, 1.165) is 11.1 Å². The molecule has 32 heavy (non-hydrogen) atoms. The number of aromatic hydroxyl groups is 1. The van der Waals surface area contributed by atoms with E-state index in [1.54, 1.807) is 48.2 Å². The Morgan fingerprint density at radius 1 is 1.00 bits per heavy atom. The van der Waals surface area contributed by atoms with E-state index in [9.17, 15) is 14.7 Å². The van der Waals surface area contributed by atoms with Crippen LogP contribution in [-0.2, 0) is 6.54 Å². The van der Waals surface area contributed by atoms with Crippen LogP contribution in [0, 0.1) is 6.92 Å². The number of amides is 1. The number of hydrogen-bond donors (Lipinski definition) is 1. The van der Waals surface area contributed by atoms with Crippen LogP contribution in [0.1, 0.15) is 38.9 Å². The first-order valence-electron chi connectivity index (χ1n) is 9.95. The van der Waals surface area contributed by atoms with Gasteiger partial charge < -0.3 is 14.4 Å². The Morgan fingerprint density at radius 2 is 1.78 bits per heavy atom. The lowest BCUT2D eigenvalue weighted by atomic mass is 9.98. The van der Waals surface area contributed by atoms with Gasteiger partial charge in [-0.25, -0.2) is 0 Å².